The number of rotatable bonds is 4. The molecule has 0 spiro atoms. The number of nitrogens with two attached hydrogens (primary N) is 1. The van der Waals surface area contributed by atoms with E-state index in [0.29, 0.717) is 23.1 Å². The fourth-order valence-corrected chi connectivity index (χ4v) is 1.59. The quantitative estimate of drug-likeness (QED) is 0.876. The van der Waals surface area contributed by atoms with Crippen molar-refractivity contribution in [1.29, 1.82) is 0 Å². The van der Waals surface area contributed by atoms with Crippen molar-refractivity contribution in [3.8, 4) is 11.5 Å². The molecule has 84 valence electrons. The predicted molar refractivity (Wildman–Crippen MR) is 61.6 cm³/mol. The van der Waals surface area contributed by atoms with Crippen LogP contribution in [0.1, 0.15) is 5.69 Å². The SMILES string of the molecule is COc1cccc(OCc2nnsc2N)c1. The molecule has 5 nitrogen and oxygen atoms in total. The molecule has 0 amide bonds. The van der Waals surface area contributed by atoms with E-state index in [1.807, 2.05) is 18.2 Å². The van der Waals surface area contributed by atoms with Crippen molar-refractivity contribution in [3.05, 3.63) is 30.0 Å². The van der Waals surface area contributed by atoms with Crippen LogP contribution < -0.4 is 15.2 Å². The minimum Gasteiger partial charge on any atom is -0.497 e. The molecule has 2 rings (SSSR count). The molecule has 0 unspecified atom stereocenters. The molecule has 0 aliphatic heterocycles. The number of anilines is 1. The Kier molecular flexibility index (Phi) is 3.21. The van der Waals surface area contributed by atoms with Gasteiger partial charge in [0, 0.05) is 17.6 Å². The summed E-state index contributed by atoms with van der Waals surface area (Å²) in [7, 11) is 1.61. The first kappa shape index (κ1) is 10.7. The summed E-state index contributed by atoms with van der Waals surface area (Å²) in [6.07, 6.45) is 0. The summed E-state index contributed by atoms with van der Waals surface area (Å²) in [4.78, 5) is 0. The third kappa shape index (κ3) is 2.40. The first-order valence-electron chi connectivity index (χ1n) is 4.63. The van der Waals surface area contributed by atoms with E-state index in [9.17, 15) is 0 Å². The van der Waals surface area contributed by atoms with Gasteiger partial charge in [0.15, 0.2) is 0 Å². The van der Waals surface area contributed by atoms with E-state index in [-0.39, 0.29) is 0 Å². The Labute approximate surface area is 97.0 Å². The number of hydrogen-bond donors (Lipinski definition) is 1. The van der Waals surface area contributed by atoms with Gasteiger partial charge in [0.25, 0.3) is 0 Å². The van der Waals surface area contributed by atoms with Gasteiger partial charge < -0.3 is 15.2 Å². The van der Waals surface area contributed by atoms with Crippen LogP contribution >= 0.6 is 11.5 Å². The van der Waals surface area contributed by atoms with E-state index in [1.54, 1.807) is 13.2 Å². The highest BCUT2D eigenvalue weighted by Crippen LogP contribution is 2.21. The summed E-state index contributed by atoms with van der Waals surface area (Å²) in [6.45, 7) is 0.315. The normalized spacial score (nSPS) is 10.1. The third-order valence-electron chi connectivity index (χ3n) is 2.00. The average Bonchev–Trinajstić information content (AvgIpc) is 2.72. The molecule has 0 saturated carbocycles. The lowest BCUT2D eigenvalue weighted by atomic mass is 10.3. The first-order valence-corrected chi connectivity index (χ1v) is 5.40. The Hall–Kier alpha value is -1.82. The zero-order valence-corrected chi connectivity index (χ0v) is 9.53. The minimum absolute atomic E-state index is 0.315. The van der Waals surface area contributed by atoms with E-state index < -0.39 is 0 Å². The molecule has 0 saturated heterocycles. The van der Waals surface area contributed by atoms with Crippen molar-refractivity contribution in [2.75, 3.05) is 12.8 Å². The number of methoxy groups -OCH3 is 1. The van der Waals surface area contributed by atoms with Gasteiger partial charge in [0.2, 0.25) is 0 Å². The Balaban J connectivity index is 2.02. The molecule has 6 heteroatoms. The van der Waals surface area contributed by atoms with Crippen molar-refractivity contribution >= 4 is 16.5 Å². The van der Waals surface area contributed by atoms with Gasteiger partial charge in [-0.3, -0.25) is 0 Å². The first-order chi connectivity index (χ1) is 7.79. The highest BCUT2D eigenvalue weighted by molar-refractivity contribution is 7.09. The van der Waals surface area contributed by atoms with Crippen LogP contribution in [-0.4, -0.2) is 16.7 Å². The van der Waals surface area contributed by atoms with E-state index >= 15 is 0 Å². The summed E-state index contributed by atoms with van der Waals surface area (Å²) < 4.78 is 14.3. The van der Waals surface area contributed by atoms with E-state index in [4.69, 9.17) is 15.2 Å². The number of aromatic nitrogens is 2. The van der Waals surface area contributed by atoms with Crippen molar-refractivity contribution in [2.24, 2.45) is 0 Å². The van der Waals surface area contributed by atoms with Crippen LogP contribution in [0.2, 0.25) is 0 Å². The standard InChI is InChI=1S/C10H11N3O2S/c1-14-7-3-2-4-8(5-7)15-6-9-10(11)16-13-12-9/h2-5H,6,11H2,1H3. The van der Waals surface area contributed by atoms with Crippen LogP contribution in [0.4, 0.5) is 5.00 Å². The summed E-state index contributed by atoms with van der Waals surface area (Å²) >= 11 is 1.16. The second-order valence-electron chi connectivity index (χ2n) is 3.05. The average molecular weight is 237 g/mol. The minimum atomic E-state index is 0.315. The van der Waals surface area contributed by atoms with Gasteiger partial charge in [0.05, 0.1) is 7.11 Å². The second kappa shape index (κ2) is 4.80. The van der Waals surface area contributed by atoms with Crippen molar-refractivity contribution in [1.82, 2.24) is 9.59 Å². The largest absolute Gasteiger partial charge is 0.497 e. The summed E-state index contributed by atoms with van der Waals surface area (Å²) in [6, 6.07) is 7.36. The number of ether oxygens (including phenoxy) is 2. The van der Waals surface area contributed by atoms with Gasteiger partial charge in [0.1, 0.15) is 28.8 Å². The maximum Gasteiger partial charge on any atom is 0.136 e. The highest BCUT2D eigenvalue weighted by Gasteiger charge is 2.05. The van der Waals surface area contributed by atoms with Crippen molar-refractivity contribution < 1.29 is 9.47 Å². The maximum absolute atomic E-state index is 5.65. The lowest BCUT2D eigenvalue weighted by molar-refractivity contribution is 0.299. The zero-order valence-electron chi connectivity index (χ0n) is 8.71. The molecule has 0 radical (unpaired) electrons. The van der Waals surface area contributed by atoms with Crippen LogP contribution in [0.15, 0.2) is 24.3 Å². The molecule has 0 atom stereocenters. The summed E-state index contributed by atoms with van der Waals surface area (Å²) in [5, 5.41) is 4.45. The maximum atomic E-state index is 5.65. The van der Waals surface area contributed by atoms with Gasteiger partial charge in [-0.2, -0.15) is 0 Å². The molecular weight excluding hydrogens is 226 g/mol. The number of nitrogens with zero attached hydrogens (tertiary/aromatic N) is 2. The van der Waals surface area contributed by atoms with Gasteiger partial charge in [-0.05, 0) is 12.1 Å². The molecule has 1 heterocycles. The van der Waals surface area contributed by atoms with Crippen molar-refractivity contribution in [3.63, 3.8) is 0 Å². The van der Waals surface area contributed by atoms with Gasteiger partial charge >= 0.3 is 0 Å². The number of nitrogen functional groups attached to an aromatic ring is 1. The Bertz CT molecular complexity index is 473. The van der Waals surface area contributed by atoms with Crippen LogP contribution in [0, 0.1) is 0 Å². The third-order valence-corrected chi connectivity index (χ3v) is 2.60. The van der Waals surface area contributed by atoms with Crippen LogP contribution in [0.25, 0.3) is 0 Å². The van der Waals surface area contributed by atoms with Gasteiger partial charge in [-0.25, -0.2) is 0 Å². The van der Waals surface area contributed by atoms with E-state index in [2.05, 4.69) is 9.59 Å². The topological polar surface area (TPSA) is 70.3 Å². The van der Waals surface area contributed by atoms with E-state index in [1.165, 1.54) is 0 Å². The van der Waals surface area contributed by atoms with Crippen LogP contribution in [0.5, 0.6) is 11.5 Å². The Morgan fingerprint density at radius 1 is 1.38 bits per heavy atom. The highest BCUT2D eigenvalue weighted by atomic mass is 32.1. The zero-order chi connectivity index (χ0) is 11.4. The molecule has 2 aromatic rings. The fraction of sp³-hybridized carbons (Fsp3) is 0.200. The monoisotopic (exact) mass is 237 g/mol. The molecule has 16 heavy (non-hydrogen) atoms. The number of hydrogen-bond acceptors (Lipinski definition) is 6. The lowest BCUT2D eigenvalue weighted by Gasteiger charge is -2.06. The van der Waals surface area contributed by atoms with Crippen LogP contribution in [-0.2, 0) is 6.61 Å². The Morgan fingerprint density at radius 2 is 2.19 bits per heavy atom. The van der Waals surface area contributed by atoms with Crippen LogP contribution in [0.3, 0.4) is 0 Å². The van der Waals surface area contributed by atoms with Crippen molar-refractivity contribution in [2.45, 2.75) is 6.61 Å². The predicted octanol–water partition coefficient (Wildman–Crippen LogP) is 1.71. The Morgan fingerprint density at radius 3 is 2.88 bits per heavy atom. The summed E-state index contributed by atoms with van der Waals surface area (Å²) in [5.74, 6) is 1.47. The molecule has 2 N–H and O–H groups in total. The molecule has 1 aromatic heterocycles. The smallest absolute Gasteiger partial charge is 0.136 e. The fourth-order valence-electron chi connectivity index (χ4n) is 1.16. The molecule has 0 aliphatic carbocycles. The second-order valence-corrected chi connectivity index (χ2v) is 3.84. The number of benzene rings is 1. The molecule has 0 bridgehead atoms. The molecule has 0 fully saturated rings. The van der Waals surface area contributed by atoms with Gasteiger partial charge in [-0.1, -0.05) is 10.6 Å². The molecule has 1 aromatic carbocycles. The lowest BCUT2D eigenvalue weighted by Crippen LogP contribution is -1.99. The summed E-state index contributed by atoms with van der Waals surface area (Å²) in [5.41, 5.74) is 6.31. The molecule has 0 aliphatic rings. The van der Waals surface area contributed by atoms with E-state index in [0.717, 1.165) is 17.3 Å². The molecular formula is C10H11N3O2S. The van der Waals surface area contributed by atoms with Gasteiger partial charge in [-0.15, -0.1) is 5.10 Å².